The van der Waals surface area contributed by atoms with Crippen molar-refractivity contribution in [2.24, 2.45) is 0 Å². The van der Waals surface area contributed by atoms with Gasteiger partial charge in [0, 0.05) is 31.4 Å². The lowest BCUT2D eigenvalue weighted by Gasteiger charge is -2.09. The number of hydrogen-bond acceptors (Lipinski definition) is 7. The maximum atomic E-state index is 12.0. The van der Waals surface area contributed by atoms with E-state index in [2.05, 4.69) is 25.3 Å². The fourth-order valence-electron chi connectivity index (χ4n) is 1.79. The second-order valence-corrected chi connectivity index (χ2v) is 8.34. The van der Waals surface area contributed by atoms with E-state index in [0.29, 0.717) is 16.8 Å². The summed E-state index contributed by atoms with van der Waals surface area (Å²) >= 11 is 6.77. The molecule has 3 N–H and O–H groups in total. The van der Waals surface area contributed by atoms with E-state index >= 15 is 0 Å². The monoisotopic (exact) mass is 375 g/mol. The number of anilines is 2. The van der Waals surface area contributed by atoms with Crippen LogP contribution in [0.1, 0.15) is 12.6 Å². The van der Waals surface area contributed by atoms with Crippen LogP contribution < -0.4 is 15.4 Å². The van der Waals surface area contributed by atoms with Gasteiger partial charge in [-0.3, -0.25) is 0 Å². The summed E-state index contributed by atoms with van der Waals surface area (Å²) in [5, 5.41) is 6.12. The minimum atomic E-state index is -3.53. The van der Waals surface area contributed by atoms with Gasteiger partial charge in [0.05, 0.1) is 4.34 Å². The molecule has 0 radical (unpaired) electrons. The normalized spacial score (nSPS) is 11.4. The fraction of sp³-hybridized carbons (Fsp3) is 0.385. The molecule has 0 aromatic carbocycles. The van der Waals surface area contributed by atoms with Crippen molar-refractivity contribution in [2.75, 3.05) is 30.3 Å². The fourth-order valence-corrected chi connectivity index (χ4v) is 4.35. The number of aromatic nitrogens is 2. The Morgan fingerprint density at radius 1 is 1.22 bits per heavy atom. The Morgan fingerprint density at radius 2 is 2.00 bits per heavy atom. The first-order chi connectivity index (χ1) is 10.9. The van der Waals surface area contributed by atoms with Crippen molar-refractivity contribution < 1.29 is 8.42 Å². The highest BCUT2D eigenvalue weighted by Crippen LogP contribution is 2.25. The summed E-state index contributed by atoms with van der Waals surface area (Å²) in [5.74, 6) is 1.19. The Bertz CT molecular complexity index is 763. The molecule has 0 atom stereocenters. The third-order valence-electron chi connectivity index (χ3n) is 2.73. The molecule has 0 saturated heterocycles. The third-order valence-corrected chi connectivity index (χ3v) is 5.91. The number of halogens is 1. The molecule has 2 rings (SSSR count). The average molecular weight is 376 g/mol. The number of nitrogens with one attached hydrogen (secondary N) is 3. The molecular weight excluding hydrogens is 358 g/mol. The van der Waals surface area contributed by atoms with Gasteiger partial charge < -0.3 is 10.6 Å². The van der Waals surface area contributed by atoms with Gasteiger partial charge in [-0.05, 0) is 26.0 Å². The number of hydrogen-bond donors (Lipinski definition) is 3. The molecule has 7 nitrogen and oxygen atoms in total. The van der Waals surface area contributed by atoms with Gasteiger partial charge in [-0.25, -0.2) is 18.1 Å². The first-order valence-electron chi connectivity index (χ1n) is 6.99. The molecule has 0 spiro atoms. The lowest BCUT2D eigenvalue weighted by Crippen LogP contribution is -2.28. The quantitative estimate of drug-likeness (QED) is 0.613. The van der Waals surface area contributed by atoms with E-state index in [1.807, 2.05) is 19.9 Å². The van der Waals surface area contributed by atoms with Gasteiger partial charge in [-0.15, -0.1) is 11.3 Å². The van der Waals surface area contributed by atoms with Crippen LogP contribution in [0.5, 0.6) is 0 Å². The smallest absolute Gasteiger partial charge is 0.250 e. The molecule has 0 aliphatic rings. The van der Waals surface area contributed by atoms with Crippen molar-refractivity contribution in [1.29, 1.82) is 0 Å². The maximum Gasteiger partial charge on any atom is 0.250 e. The lowest BCUT2D eigenvalue weighted by atomic mass is 10.4. The van der Waals surface area contributed by atoms with Crippen molar-refractivity contribution in [1.82, 2.24) is 14.7 Å². The van der Waals surface area contributed by atoms with Crippen LogP contribution in [0.25, 0.3) is 0 Å². The largest absolute Gasteiger partial charge is 0.370 e. The summed E-state index contributed by atoms with van der Waals surface area (Å²) in [4.78, 5) is 8.55. The molecule has 0 unspecified atom stereocenters. The second kappa shape index (κ2) is 7.91. The second-order valence-electron chi connectivity index (χ2n) is 4.63. The van der Waals surface area contributed by atoms with Gasteiger partial charge >= 0.3 is 0 Å². The number of sulfonamides is 1. The van der Waals surface area contributed by atoms with Crippen molar-refractivity contribution in [3.63, 3.8) is 0 Å². The number of thiophene rings is 1. The molecule has 126 valence electrons. The molecule has 2 aromatic rings. The van der Waals surface area contributed by atoms with E-state index in [-0.39, 0.29) is 10.8 Å². The van der Waals surface area contributed by atoms with Gasteiger partial charge in [0.1, 0.15) is 10.0 Å². The van der Waals surface area contributed by atoms with Crippen molar-refractivity contribution in [2.45, 2.75) is 18.1 Å². The first kappa shape index (κ1) is 17.9. The zero-order valence-electron chi connectivity index (χ0n) is 12.8. The van der Waals surface area contributed by atoms with E-state index in [1.165, 1.54) is 6.07 Å². The summed E-state index contributed by atoms with van der Waals surface area (Å²) in [6.45, 7) is 5.20. The van der Waals surface area contributed by atoms with Crippen LogP contribution in [0, 0.1) is 6.92 Å². The van der Waals surface area contributed by atoms with Gasteiger partial charge in [0.2, 0.25) is 16.0 Å². The molecule has 23 heavy (non-hydrogen) atoms. The lowest BCUT2D eigenvalue weighted by molar-refractivity contribution is 0.585. The Kier molecular flexibility index (Phi) is 6.17. The van der Waals surface area contributed by atoms with Crippen LogP contribution in [0.2, 0.25) is 4.34 Å². The first-order valence-corrected chi connectivity index (χ1v) is 9.67. The summed E-state index contributed by atoms with van der Waals surface area (Å²) in [6.07, 6.45) is 0. The highest BCUT2D eigenvalue weighted by molar-refractivity contribution is 7.91. The van der Waals surface area contributed by atoms with Crippen LogP contribution in [0.4, 0.5) is 11.8 Å². The number of aryl methyl sites for hydroxylation is 1. The molecule has 0 saturated carbocycles. The molecule has 2 aromatic heterocycles. The SMILES string of the molecule is CCNc1cc(C)nc(NCCNS(=O)(=O)c2ccc(Cl)s2)n1. The van der Waals surface area contributed by atoms with Crippen molar-refractivity contribution in [3.05, 3.63) is 28.2 Å². The predicted molar refractivity (Wildman–Crippen MR) is 93.9 cm³/mol. The van der Waals surface area contributed by atoms with Crippen molar-refractivity contribution >= 4 is 44.7 Å². The topological polar surface area (TPSA) is 96.0 Å². The molecule has 0 bridgehead atoms. The van der Waals surface area contributed by atoms with Crippen molar-refractivity contribution in [3.8, 4) is 0 Å². The van der Waals surface area contributed by atoms with E-state index < -0.39 is 10.0 Å². The van der Waals surface area contributed by atoms with Crippen LogP contribution in [-0.2, 0) is 10.0 Å². The molecule has 2 heterocycles. The standard InChI is InChI=1S/C13H18ClN5O2S2/c1-3-15-11-8-9(2)18-13(19-11)16-6-7-17-23(20,21)12-5-4-10(14)22-12/h4-5,8,17H,3,6-7H2,1-2H3,(H2,15,16,18,19). The third kappa shape index (κ3) is 5.31. The molecule has 0 fully saturated rings. The Labute approximate surface area is 144 Å². The van der Waals surface area contributed by atoms with Gasteiger partial charge in [0.15, 0.2) is 0 Å². The van der Waals surface area contributed by atoms with E-state index in [0.717, 1.165) is 29.4 Å². The van der Waals surface area contributed by atoms with Crippen LogP contribution in [0.3, 0.4) is 0 Å². The van der Waals surface area contributed by atoms with Gasteiger partial charge in [-0.2, -0.15) is 4.98 Å². The molecule has 0 aliphatic carbocycles. The molecule has 0 aliphatic heterocycles. The maximum absolute atomic E-state index is 12.0. The summed E-state index contributed by atoms with van der Waals surface area (Å²) in [7, 11) is -3.53. The van der Waals surface area contributed by atoms with E-state index in [9.17, 15) is 8.42 Å². The van der Waals surface area contributed by atoms with Gasteiger partial charge in [-0.1, -0.05) is 11.6 Å². The molecular formula is C13H18ClN5O2S2. The highest BCUT2D eigenvalue weighted by atomic mass is 35.5. The molecule has 10 heteroatoms. The Balaban J connectivity index is 1.88. The minimum absolute atomic E-state index is 0.198. The summed E-state index contributed by atoms with van der Waals surface area (Å²) < 4.78 is 27.2. The zero-order chi connectivity index (χ0) is 16.9. The predicted octanol–water partition coefficient (Wildman–Crippen LogP) is 2.32. The summed E-state index contributed by atoms with van der Waals surface area (Å²) in [6, 6.07) is 4.88. The van der Waals surface area contributed by atoms with Crippen LogP contribution >= 0.6 is 22.9 Å². The average Bonchev–Trinajstić information content (AvgIpc) is 2.91. The minimum Gasteiger partial charge on any atom is -0.370 e. The highest BCUT2D eigenvalue weighted by Gasteiger charge is 2.15. The van der Waals surface area contributed by atoms with E-state index in [4.69, 9.17) is 11.6 Å². The Hall–Kier alpha value is -1.42. The van der Waals surface area contributed by atoms with E-state index in [1.54, 1.807) is 6.07 Å². The van der Waals surface area contributed by atoms with Crippen LogP contribution in [-0.4, -0.2) is 38.0 Å². The Morgan fingerprint density at radius 3 is 2.65 bits per heavy atom. The molecule has 0 amide bonds. The number of nitrogens with zero attached hydrogens (tertiary/aromatic N) is 2. The number of rotatable bonds is 8. The van der Waals surface area contributed by atoms with Crippen LogP contribution in [0.15, 0.2) is 22.4 Å². The zero-order valence-corrected chi connectivity index (χ0v) is 15.1. The van der Waals surface area contributed by atoms with Gasteiger partial charge in [0.25, 0.3) is 0 Å². The summed E-state index contributed by atoms with van der Waals surface area (Å²) in [5.41, 5.74) is 0.826.